The van der Waals surface area contributed by atoms with Crippen LogP contribution in [0, 0.1) is 11.3 Å². The molecule has 1 N–H and O–H groups in total. The lowest BCUT2D eigenvalue weighted by Gasteiger charge is -2.07. The molecule has 0 amide bonds. The van der Waals surface area contributed by atoms with Gasteiger partial charge in [0.2, 0.25) is 5.76 Å². The van der Waals surface area contributed by atoms with Crippen LogP contribution in [-0.2, 0) is 6.42 Å². The quantitative estimate of drug-likeness (QED) is 0.921. The fourth-order valence-corrected chi connectivity index (χ4v) is 2.09. The van der Waals surface area contributed by atoms with Gasteiger partial charge in [-0.2, -0.15) is 5.26 Å². The molecule has 0 spiro atoms. The number of aromatic carboxylic acids is 1. The normalized spacial score (nSPS) is 11.8. The molecule has 102 valence electrons. The van der Waals surface area contributed by atoms with Crippen LogP contribution in [0.3, 0.4) is 0 Å². The van der Waals surface area contributed by atoms with E-state index >= 15 is 0 Å². The van der Waals surface area contributed by atoms with E-state index in [9.17, 15) is 10.1 Å². The second-order valence-corrected chi connectivity index (χ2v) is 4.96. The predicted octanol–water partition coefficient (Wildman–Crippen LogP) is 4.13. The van der Waals surface area contributed by atoms with E-state index in [0.717, 1.165) is 5.56 Å². The monoisotopic (exact) mass is 309 g/mol. The number of carboxylic acids is 1. The average molecular weight is 310 g/mol. The molecule has 6 heteroatoms. The highest BCUT2D eigenvalue weighted by Gasteiger charge is 2.18. The first-order valence-electron chi connectivity index (χ1n) is 5.68. The molecule has 1 heterocycles. The number of nitriles is 1. The summed E-state index contributed by atoms with van der Waals surface area (Å²) in [6.45, 7) is 0. The van der Waals surface area contributed by atoms with Crippen LogP contribution >= 0.6 is 23.2 Å². The van der Waals surface area contributed by atoms with Gasteiger partial charge < -0.3 is 9.52 Å². The van der Waals surface area contributed by atoms with E-state index in [1.165, 1.54) is 12.1 Å². The van der Waals surface area contributed by atoms with Gasteiger partial charge in [0.25, 0.3) is 0 Å². The molecule has 0 aliphatic heterocycles. The fourth-order valence-electron chi connectivity index (χ4n) is 1.77. The summed E-state index contributed by atoms with van der Waals surface area (Å²) in [6.07, 6.45) is 0.361. The van der Waals surface area contributed by atoms with Crippen LogP contribution in [0.5, 0.6) is 0 Å². The Hall–Kier alpha value is -1.96. The van der Waals surface area contributed by atoms with Crippen LogP contribution < -0.4 is 0 Å². The van der Waals surface area contributed by atoms with Crippen molar-refractivity contribution in [2.45, 2.75) is 12.3 Å². The molecule has 0 radical (unpaired) electrons. The molecule has 0 bridgehead atoms. The van der Waals surface area contributed by atoms with Crippen LogP contribution in [-0.4, -0.2) is 11.1 Å². The Morgan fingerprint density at radius 3 is 2.60 bits per heavy atom. The third-order valence-corrected chi connectivity index (χ3v) is 3.50. The Morgan fingerprint density at radius 1 is 1.30 bits per heavy atom. The summed E-state index contributed by atoms with van der Waals surface area (Å²) in [6, 6.07) is 10.0. The summed E-state index contributed by atoms with van der Waals surface area (Å²) in [5.41, 5.74) is 0.819. The van der Waals surface area contributed by atoms with Crippen molar-refractivity contribution in [3.8, 4) is 6.07 Å². The van der Waals surface area contributed by atoms with Gasteiger partial charge in [-0.05, 0) is 36.2 Å². The minimum Gasteiger partial charge on any atom is -0.475 e. The van der Waals surface area contributed by atoms with Crippen molar-refractivity contribution in [2.75, 3.05) is 0 Å². The molecule has 2 rings (SSSR count). The summed E-state index contributed by atoms with van der Waals surface area (Å²) in [5.74, 6) is -1.62. The van der Waals surface area contributed by atoms with Gasteiger partial charge in [0.05, 0.1) is 16.1 Å². The minimum atomic E-state index is -1.16. The van der Waals surface area contributed by atoms with Gasteiger partial charge in [-0.3, -0.25) is 0 Å². The molecule has 20 heavy (non-hydrogen) atoms. The number of halogens is 2. The second kappa shape index (κ2) is 6.00. The summed E-state index contributed by atoms with van der Waals surface area (Å²) in [5, 5.41) is 18.8. The van der Waals surface area contributed by atoms with Crippen molar-refractivity contribution < 1.29 is 14.3 Å². The Kier molecular flexibility index (Phi) is 4.33. The van der Waals surface area contributed by atoms with Crippen molar-refractivity contribution in [3.05, 3.63) is 57.5 Å². The summed E-state index contributed by atoms with van der Waals surface area (Å²) < 4.78 is 5.14. The van der Waals surface area contributed by atoms with E-state index in [1.807, 2.05) is 0 Å². The van der Waals surface area contributed by atoms with E-state index in [4.69, 9.17) is 32.7 Å². The van der Waals surface area contributed by atoms with Crippen molar-refractivity contribution in [3.63, 3.8) is 0 Å². The summed E-state index contributed by atoms with van der Waals surface area (Å²) in [7, 11) is 0. The van der Waals surface area contributed by atoms with E-state index in [-0.39, 0.29) is 5.76 Å². The number of rotatable bonds is 4. The zero-order chi connectivity index (χ0) is 14.7. The maximum Gasteiger partial charge on any atom is 0.371 e. The zero-order valence-electron chi connectivity index (χ0n) is 10.1. The highest BCUT2D eigenvalue weighted by Crippen LogP contribution is 2.27. The van der Waals surface area contributed by atoms with Gasteiger partial charge in [0.1, 0.15) is 11.7 Å². The van der Waals surface area contributed by atoms with E-state index in [0.29, 0.717) is 22.2 Å². The largest absolute Gasteiger partial charge is 0.475 e. The maximum atomic E-state index is 10.8. The molecule has 0 saturated heterocycles. The van der Waals surface area contributed by atoms with E-state index in [2.05, 4.69) is 6.07 Å². The van der Waals surface area contributed by atoms with Crippen LogP contribution in [0.4, 0.5) is 0 Å². The zero-order valence-corrected chi connectivity index (χ0v) is 11.6. The van der Waals surface area contributed by atoms with Gasteiger partial charge in [-0.15, -0.1) is 0 Å². The molecular weight excluding hydrogens is 301 g/mol. The Morgan fingerprint density at radius 2 is 2.05 bits per heavy atom. The SMILES string of the molecule is N#CC(Cc1ccc(Cl)c(Cl)c1)c1ccc(C(=O)O)o1. The first-order chi connectivity index (χ1) is 9.51. The molecule has 4 nitrogen and oxygen atoms in total. The first kappa shape index (κ1) is 14.4. The highest BCUT2D eigenvalue weighted by molar-refractivity contribution is 6.42. The lowest BCUT2D eigenvalue weighted by atomic mass is 9.98. The van der Waals surface area contributed by atoms with E-state index < -0.39 is 11.9 Å². The van der Waals surface area contributed by atoms with Gasteiger partial charge in [0, 0.05) is 0 Å². The van der Waals surface area contributed by atoms with Crippen molar-refractivity contribution in [2.24, 2.45) is 0 Å². The smallest absolute Gasteiger partial charge is 0.371 e. The maximum absolute atomic E-state index is 10.8. The van der Waals surface area contributed by atoms with Gasteiger partial charge >= 0.3 is 5.97 Å². The number of hydrogen-bond donors (Lipinski definition) is 1. The number of furan rings is 1. The molecule has 1 aromatic heterocycles. The lowest BCUT2D eigenvalue weighted by Crippen LogP contribution is -2.00. The number of hydrogen-bond acceptors (Lipinski definition) is 3. The van der Waals surface area contributed by atoms with Gasteiger partial charge in [0.15, 0.2) is 0 Å². The highest BCUT2D eigenvalue weighted by atomic mass is 35.5. The summed E-state index contributed by atoms with van der Waals surface area (Å²) in [4.78, 5) is 10.8. The molecule has 0 fully saturated rings. The van der Waals surface area contributed by atoms with Crippen molar-refractivity contribution in [1.82, 2.24) is 0 Å². The minimum absolute atomic E-state index is 0.186. The third kappa shape index (κ3) is 3.13. The number of benzene rings is 1. The van der Waals surface area contributed by atoms with Crippen molar-refractivity contribution >= 4 is 29.2 Å². The molecule has 0 aliphatic rings. The number of carbonyl (C=O) groups is 1. The van der Waals surface area contributed by atoms with Crippen LogP contribution in [0.15, 0.2) is 34.7 Å². The molecule has 2 aromatic rings. The van der Waals surface area contributed by atoms with Crippen molar-refractivity contribution in [1.29, 1.82) is 5.26 Å². The fraction of sp³-hybridized carbons (Fsp3) is 0.143. The van der Waals surface area contributed by atoms with Crippen LogP contribution in [0.2, 0.25) is 10.0 Å². The average Bonchev–Trinajstić information content (AvgIpc) is 2.89. The summed E-state index contributed by atoms with van der Waals surface area (Å²) >= 11 is 11.7. The number of nitrogens with zero attached hydrogens (tertiary/aromatic N) is 1. The Balaban J connectivity index is 2.22. The Labute approximate surface area is 125 Å². The Bertz CT molecular complexity index is 688. The third-order valence-electron chi connectivity index (χ3n) is 2.76. The number of carboxylic acid groups (broad SMARTS) is 1. The van der Waals surface area contributed by atoms with Crippen LogP contribution in [0.25, 0.3) is 0 Å². The van der Waals surface area contributed by atoms with Gasteiger partial charge in [-0.25, -0.2) is 4.79 Å². The topological polar surface area (TPSA) is 74.2 Å². The molecule has 1 aromatic carbocycles. The molecule has 0 saturated carbocycles. The standard InChI is InChI=1S/C14H9Cl2NO3/c15-10-2-1-8(6-11(10)16)5-9(7-17)12-3-4-13(20-12)14(18)19/h1-4,6,9H,5H2,(H,18,19). The van der Waals surface area contributed by atoms with Gasteiger partial charge in [-0.1, -0.05) is 29.3 Å². The first-order valence-corrected chi connectivity index (χ1v) is 6.43. The van der Waals surface area contributed by atoms with E-state index in [1.54, 1.807) is 18.2 Å². The molecule has 1 unspecified atom stereocenters. The molecular formula is C14H9Cl2NO3. The molecule has 0 aliphatic carbocycles. The second-order valence-electron chi connectivity index (χ2n) is 4.14. The molecule has 1 atom stereocenters. The van der Waals surface area contributed by atoms with Crippen LogP contribution in [0.1, 0.15) is 27.8 Å². The lowest BCUT2D eigenvalue weighted by molar-refractivity contribution is 0.0660. The predicted molar refractivity (Wildman–Crippen MR) is 74.2 cm³/mol.